The predicted molar refractivity (Wildman–Crippen MR) is 93.9 cm³/mol. The molecule has 1 atom stereocenters. The van der Waals surface area contributed by atoms with Gasteiger partial charge in [-0.05, 0) is 38.5 Å². The van der Waals surface area contributed by atoms with Crippen molar-refractivity contribution in [3.05, 3.63) is 34.3 Å². The quantitative estimate of drug-likeness (QED) is 0.778. The highest BCUT2D eigenvalue weighted by atomic mass is 79.9. The zero-order valence-electron chi connectivity index (χ0n) is 13.1. The van der Waals surface area contributed by atoms with Crippen LogP contribution in [0.25, 0.3) is 0 Å². The molecule has 0 saturated carbocycles. The van der Waals surface area contributed by atoms with Gasteiger partial charge < -0.3 is 16.0 Å². The van der Waals surface area contributed by atoms with Crippen molar-refractivity contribution < 1.29 is 9.59 Å². The summed E-state index contributed by atoms with van der Waals surface area (Å²) in [4.78, 5) is 25.8. The molecule has 5 nitrogen and oxygen atoms in total. The van der Waals surface area contributed by atoms with E-state index in [9.17, 15) is 9.59 Å². The molecule has 124 valence electrons. The molecule has 0 aliphatic rings. The normalized spacial score (nSPS) is 12.8. The highest BCUT2D eigenvalue weighted by Crippen LogP contribution is 2.22. The minimum Gasteiger partial charge on any atom is -0.355 e. The molecule has 0 aliphatic heterocycles. The number of amides is 2. The lowest BCUT2D eigenvalue weighted by Gasteiger charge is -2.31. The Hall–Kier alpha value is -1.11. The van der Waals surface area contributed by atoms with E-state index in [1.165, 1.54) is 4.90 Å². The van der Waals surface area contributed by atoms with Gasteiger partial charge in [0.1, 0.15) is 5.54 Å². The summed E-state index contributed by atoms with van der Waals surface area (Å²) >= 11 is 3.35. The summed E-state index contributed by atoms with van der Waals surface area (Å²) in [6.45, 7) is 6.32. The predicted octanol–water partition coefficient (Wildman–Crippen LogP) is 2.03. The van der Waals surface area contributed by atoms with Gasteiger partial charge in [0.25, 0.3) is 0 Å². The van der Waals surface area contributed by atoms with Gasteiger partial charge in [-0.25, -0.2) is 0 Å². The number of benzene rings is 1. The third-order valence-corrected chi connectivity index (χ3v) is 3.79. The smallest absolute Gasteiger partial charge is 0.247 e. The highest BCUT2D eigenvalue weighted by Gasteiger charge is 2.34. The largest absolute Gasteiger partial charge is 0.355 e. The number of hydrogen-bond donors (Lipinski definition) is 2. The van der Waals surface area contributed by atoms with Crippen LogP contribution in [-0.4, -0.2) is 36.3 Å². The molecule has 7 heteroatoms. The summed E-state index contributed by atoms with van der Waals surface area (Å²) in [6, 6.07) is 7.30. The summed E-state index contributed by atoms with van der Waals surface area (Å²) in [6.07, 6.45) is 0. The molecule has 0 saturated heterocycles. The number of carbonyl (C=O) groups is 2. The molecule has 0 fully saturated rings. The monoisotopic (exact) mass is 391 g/mol. The lowest BCUT2D eigenvalue weighted by Crippen LogP contribution is -2.53. The number of hydrogen-bond acceptors (Lipinski definition) is 3. The molecule has 0 heterocycles. The first kappa shape index (κ1) is 20.9. The third-order valence-electron chi connectivity index (χ3n) is 3.27. The van der Waals surface area contributed by atoms with Crippen molar-refractivity contribution in [3.8, 4) is 0 Å². The fourth-order valence-electron chi connectivity index (χ4n) is 2.00. The summed E-state index contributed by atoms with van der Waals surface area (Å²) < 4.78 is 0.921. The fraction of sp³-hybridized carbons (Fsp3) is 0.467. The van der Waals surface area contributed by atoms with Crippen LogP contribution in [0.2, 0.25) is 0 Å². The number of nitrogens with zero attached hydrogens (tertiary/aromatic N) is 1. The Balaban J connectivity index is 0.00000441. The van der Waals surface area contributed by atoms with E-state index in [1.807, 2.05) is 38.1 Å². The molecule has 2 amide bonds. The van der Waals surface area contributed by atoms with E-state index in [-0.39, 0.29) is 30.8 Å². The number of nitrogens with one attached hydrogen (secondary N) is 1. The third kappa shape index (κ3) is 5.26. The van der Waals surface area contributed by atoms with Crippen molar-refractivity contribution in [1.29, 1.82) is 0 Å². The summed E-state index contributed by atoms with van der Waals surface area (Å²) in [5.41, 5.74) is 5.77. The molecule has 3 N–H and O–H groups in total. The Labute approximate surface area is 146 Å². The molecule has 0 aromatic heterocycles. The minimum atomic E-state index is -1.16. The first-order chi connectivity index (χ1) is 9.82. The summed E-state index contributed by atoms with van der Waals surface area (Å²) in [5.74, 6) is -0.446. The molecule has 0 radical (unpaired) electrons. The van der Waals surface area contributed by atoms with E-state index in [2.05, 4.69) is 21.2 Å². The number of rotatable bonds is 6. The van der Waals surface area contributed by atoms with Crippen molar-refractivity contribution in [1.82, 2.24) is 10.2 Å². The molecule has 1 unspecified atom stereocenters. The molecule has 0 spiro atoms. The van der Waals surface area contributed by atoms with Gasteiger partial charge >= 0.3 is 0 Å². The second-order valence-corrected chi connectivity index (χ2v) is 5.90. The molecule has 0 aliphatic carbocycles. The average molecular weight is 393 g/mol. The Kier molecular flexibility index (Phi) is 8.66. The lowest BCUT2D eigenvalue weighted by molar-refractivity contribution is -0.140. The zero-order valence-corrected chi connectivity index (χ0v) is 15.5. The van der Waals surface area contributed by atoms with E-state index in [4.69, 9.17) is 5.73 Å². The lowest BCUT2D eigenvalue weighted by atomic mass is 9.91. The average Bonchev–Trinajstić information content (AvgIpc) is 2.44. The van der Waals surface area contributed by atoms with Gasteiger partial charge in [-0.1, -0.05) is 28.1 Å². The Morgan fingerprint density at radius 3 is 2.27 bits per heavy atom. The van der Waals surface area contributed by atoms with Gasteiger partial charge in [0, 0.05) is 17.6 Å². The molecular weight excluding hydrogens is 370 g/mol. The van der Waals surface area contributed by atoms with Crippen LogP contribution in [0.1, 0.15) is 26.3 Å². The topological polar surface area (TPSA) is 75.4 Å². The number of halogens is 2. The van der Waals surface area contributed by atoms with Gasteiger partial charge in [0.2, 0.25) is 11.8 Å². The Bertz CT molecular complexity index is 506. The van der Waals surface area contributed by atoms with Gasteiger partial charge in [0.05, 0.1) is 6.54 Å². The molecular formula is C15H23BrClN3O2. The van der Waals surface area contributed by atoms with Gasteiger partial charge in [-0.15, -0.1) is 12.4 Å². The maximum absolute atomic E-state index is 12.6. The molecule has 1 rings (SSSR count). The van der Waals surface area contributed by atoms with Crippen LogP contribution in [0.15, 0.2) is 28.7 Å². The second kappa shape index (κ2) is 9.12. The van der Waals surface area contributed by atoms with Crippen LogP contribution in [0.3, 0.4) is 0 Å². The molecule has 1 aromatic rings. The Morgan fingerprint density at radius 1 is 1.27 bits per heavy atom. The van der Waals surface area contributed by atoms with Gasteiger partial charge in [0.15, 0.2) is 0 Å². The van der Waals surface area contributed by atoms with Crippen molar-refractivity contribution in [2.75, 3.05) is 19.6 Å². The van der Waals surface area contributed by atoms with E-state index in [0.717, 1.165) is 4.47 Å². The number of nitrogens with two attached hydrogens (primary N) is 1. The maximum Gasteiger partial charge on any atom is 0.247 e. The van der Waals surface area contributed by atoms with Crippen LogP contribution in [0.4, 0.5) is 0 Å². The minimum absolute atomic E-state index is 0. The van der Waals surface area contributed by atoms with Gasteiger partial charge in [-0.3, -0.25) is 9.59 Å². The van der Waals surface area contributed by atoms with Crippen LogP contribution in [0.5, 0.6) is 0 Å². The fourth-order valence-corrected chi connectivity index (χ4v) is 2.27. The molecule has 0 bridgehead atoms. The van der Waals surface area contributed by atoms with Gasteiger partial charge in [-0.2, -0.15) is 0 Å². The van der Waals surface area contributed by atoms with Crippen LogP contribution >= 0.6 is 28.3 Å². The van der Waals surface area contributed by atoms with Crippen LogP contribution in [-0.2, 0) is 15.1 Å². The standard InChI is InChI=1S/C15H22BrN3O2.ClH/c1-4-18-13(20)10-19(5-2)14(21)15(3,17)11-6-8-12(16)9-7-11;/h6-9H,4-5,10,17H2,1-3H3,(H,18,20);1H. The SMILES string of the molecule is CCNC(=O)CN(CC)C(=O)C(C)(N)c1ccc(Br)cc1.Cl. The van der Waals surface area contributed by atoms with E-state index < -0.39 is 5.54 Å². The van der Waals surface area contributed by atoms with E-state index in [1.54, 1.807) is 6.92 Å². The summed E-state index contributed by atoms with van der Waals surface area (Å²) in [7, 11) is 0. The summed E-state index contributed by atoms with van der Waals surface area (Å²) in [5, 5.41) is 2.68. The maximum atomic E-state index is 12.6. The van der Waals surface area contributed by atoms with Crippen LogP contribution < -0.4 is 11.1 Å². The molecule has 22 heavy (non-hydrogen) atoms. The number of carbonyl (C=O) groups excluding carboxylic acids is 2. The molecule has 1 aromatic carbocycles. The second-order valence-electron chi connectivity index (χ2n) is 4.98. The van der Waals surface area contributed by atoms with Crippen molar-refractivity contribution in [3.63, 3.8) is 0 Å². The van der Waals surface area contributed by atoms with Crippen molar-refractivity contribution >= 4 is 40.2 Å². The van der Waals surface area contributed by atoms with Crippen molar-refractivity contribution in [2.24, 2.45) is 5.73 Å². The zero-order chi connectivity index (χ0) is 16.0. The van der Waals surface area contributed by atoms with E-state index in [0.29, 0.717) is 18.7 Å². The van der Waals surface area contributed by atoms with Crippen molar-refractivity contribution in [2.45, 2.75) is 26.3 Å². The van der Waals surface area contributed by atoms with Crippen LogP contribution in [0, 0.1) is 0 Å². The Morgan fingerprint density at radius 2 is 1.82 bits per heavy atom. The highest BCUT2D eigenvalue weighted by molar-refractivity contribution is 9.10. The van der Waals surface area contributed by atoms with E-state index >= 15 is 0 Å². The first-order valence-electron chi connectivity index (χ1n) is 6.93. The first-order valence-corrected chi connectivity index (χ1v) is 7.73. The number of likely N-dealkylation sites (N-methyl/N-ethyl adjacent to an activating group) is 2.